The van der Waals surface area contributed by atoms with Crippen molar-refractivity contribution in [2.45, 2.75) is 13.0 Å². The van der Waals surface area contributed by atoms with Crippen molar-refractivity contribution in [1.82, 2.24) is 14.8 Å². The molecule has 156 valence electrons. The summed E-state index contributed by atoms with van der Waals surface area (Å²) in [5, 5.41) is 14.9. The summed E-state index contributed by atoms with van der Waals surface area (Å²) < 4.78 is 7.96. The van der Waals surface area contributed by atoms with E-state index < -0.39 is 12.1 Å². The van der Waals surface area contributed by atoms with Gasteiger partial charge in [-0.1, -0.05) is 53.5 Å². The highest BCUT2D eigenvalue weighted by atomic mass is 35.5. The van der Waals surface area contributed by atoms with Crippen LogP contribution in [0.3, 0.4) is 0 Å². The molecule has 0 aliphatic rings. The number of carboxylic acid groups (broad SMARTS) is 1. The van der Waals surface area contributed by atoms with Gasteiger partial charge in [-0.25, -0.2) is 14.5 Å². The molecule has 1 N–H and O–H groups in total. The maximum absolute atomic E-state index is 11.7. The molecule has 0 saturated heterocycles. The first-order chi connectivity index (χ1) is 15.0. The Labute approximate surface area is 188 Å². The van der Waals surface area contributed by atoms with Gasteiger partial charge in [-0.3, -0.25) is 0 Å². The lowest BCUT2D eigenvalue weighted by atomic mass is 10.0. The van der Waals surface area contributed by atoms with Gasteiger partial charge in [-0.15, -0.1) is 0 Å². The van der Waals surface area contributed by atoms with Crippen molar-refractivity contribution in [3.63, 3.8) is 0 Å². The number of benzene rings is 3. The van der Waals surface area contributed by atoms with Gasteiger partial charge in [0, 0.05) is 15.6 Å². The lowest BCUT2D eigenvalue weighted by Crippen LogP contribution is -2.14. The Morgan fingerprint density at radius 2 is 1.81 bits per heavy atom. The summed E-state index contributed by atoms with van der Waals surface area (Å²) in [6, 6.07) is 17.8. The van der Waals surface area contributed by atoms with Crippen LogP contribution in [0.4, 0.5) is 0 Å². The zero-order valence-electron chi connectivity index (χ0n) is 16.4. The van der Waals surface area contributed by atoms with Gasteiger partial charge in [0.15, 0.2) is 6.10 Å². The minimum Gasteiger partial charge on any atom is -0.479 e. The van der Waals surface area contributed by atoms with E-state index in [1.807, 2.05) is 30.3 Å². The fourth-order valence-corrected chi connectivity index (χ4v) is 3.73. The molecule has 0 aliphatic heterocycles. The second-order valence-corrected chi connectivity index (χ2v) is 7.64. The number of carboxylic acids is 1. The Bertz CT molecular complexity index is 1230. The highest BCUT2D eigenvalue weighted by molar-refractivity contribution is 6.31. The first kappa shape index (κ1) is 20.9. The number of halogens is 2. The number of nitrogens with zero attached hydrogens (tertiary/aromatic N) is 3. The highest BCUT2D eigenvalue weighted by Gasteiger charge is 2.24. The first-order valence-electron chi connectivity index (χ1n) is 9.34. The van der Waals surface area contributed by atoms with Gasteiger partial charge in [0.25, 0.3) is 0 Å². The van der Waals surface area contributed by atoms with Crippen LogP contribution in [-0.4, -0.2) is 25.8 Å². The number of hydrogen-bond donors (Lipinski definition) is 1. The number of rotatable bonds is 6. The van der Waals surface area contributed by atoms with Gasteiger partial charge in [0.2, 0.25) is 0 Å². The Morgan fingerprint density at radius 1 is 1.06 bits per heavy atom. The van der Waals surface area contributed by atoms with Crippen LogP contribution in [0.5, 0.6) is 5.75 Å². The number of aromatic nitrogens is 3. The molecule has 0 saturated carbocycles. The van der Waals surface area contributed by atoms with E-state index in [2.05, 4.69) is 10.1 Å². The van der Waals surface area contributed by atoms with Crippen molar-refractivity contribution >= 4 is 29.2 Å². The lowest BCUT2D eigenvalue weighted by Gasteiger charge is -2.24. The van der Waals surface area contributed by atoms with E-state index in [9.17, 15) is 9.90 Å². The van der Waals surface area contributed by atoms with Crippen molar-refractivity contribution < 1.29 is 14.6 Å². The second kappa shape index (κ2) is 8.79. The van der Waals surface area contributed by atoms with Crippen molar-refractivity contribution in [3.8, 4) is 11.4 Å². The van der Waals surface area contributed by atoms with E-state index in [-0.39, 0.29) is 5.56 Å². The number of ether oxygens (including phenoxy) is 1. The smallest absolute Gasteiger partial charge is 0.336 e. The van der Waals surface area contributed by atoms with E-state index >= 15 is 0 Å². The van der Waals surface area contributed by atoms with Gasteiger partial charge in [-0.05, 0) is 48.4 Å². The van der Waals surface area contributed by atoms with Gasteiger partial charge < -0.3 is 9.84 Å². The Balaban J connectivity index is 1.88. The molecule has 0 spiro atoms. The predicted octanol–water partition coefficient (Wildman–Crippen LogP) is 5.75. The average Bonchev–Trinajstić information content (AvgIpc) is 3.27. The zero-order chi connectivity index (χ0) is 22.0. The maximum Gasteiger partial charge on any atom is 0.336 e. The van der Waals surface area contributed by atoms with Gasteiger partial charge in [0.05, 0.1) is 5.56 Å². The third-order valence-corrected chi connectivity index (χ3v) is 5.47. The topological polar surface area (TPSA) is 77.2 Å². The van der Waals surface area contributed by atoms with Gasteiger partial charge in [0.1, 0.15) is 24.1 Å². The Kier molecular flexibility index (Phi) is 5.93. The molecule has 31 heavy (non-hydrogen) atoms. The van der Waals surface area contributed by atoms with E-state index in [1.54, 1.807) is 31.2 Å². The standard InChI is InChI=1S/C23H17Cl2N3O3/c1-14-17(23(29)30)10-11-20(21(14)28-13-26-12-27-28)31-22(15-6-8-16(24)9-7-15)18-4-2-3-5-19(18)25/h2-13,22H,1H3,(H,29,30). The largest absolute Gasteiger partial charge is 0.479 e. The number of carbonyl (C=O) groups is 1. The summed E-state index contributed by atoms with van der Waals surface area (Å²) in [5.74, 6) is -0.598. The summed E-state index contributed by atoms with van der Waals surface area (Å²) >= 11 is 12.6. The molecular formula is C23H17Cl2N3O3. The van der Waals surface area contributed by atoms with E-state index in [1.165, 1.54) is 23.4 Å². The van der Waals surface area contributed by atoms with Crippen molar-refractivity contribution in [1.29, 1.82) is 0 Å². The van der Waals surface area contributed by atoms with Gasteiger partial charge in [-0.2, -0.15) is 5.10 Å². The van der Waals surface area contributed by atoms with Crippen LogP contribution in [0.25, 0.3) is 5.69 Å². The molecule has 3 aromatic carbocycles. The van der Waals surface area contributed by atoms with Crippen molar-refractivity contribution in [3.05, 3.63) is 106 Å². The fourth-order valence-electron chi connectivity index (χ4n) is 3.37. The van der Waals surface area contributed by atoms with E-state index in [4.69, 9.17) is 27.9 Å². The molecule has 0 aliphatic carbocycles. The number of hydrogen-bond acceptors (Lipinski definition) is 4. The molecule has 0 bridgehead atoms. The molecule has 6 nitrogen and oxygen atoms in total. The zero-order valence-corrected chi connectivity index (χ0v) is 17.9. The first-order valence-corrected chi connectivity index (χ1v) is 10.1. The quantitative estimate of drug-likeness (QED) is 0.402. The molecule has 4 aromatic rings. The summed E-state index contributed by atoms with van der Waals surface area (Å²) in [6.07, 6.45) is 2.30. The average molecular weight is 454 g/mol. The third-order valence-electron chi connectivity index (χ3n) is 4.88. The summed E-state index contributed by atoms with van der Waals surface area (Å²) in [5.41, 5.74) is 2.74. The van der Waals surface area contributed by atoms with Crippen LogP contribution in [0, 0.1) is 6.92 Å². The Morgan fingerprint density at radius 3 is 2.45 bits per heavy atom. The molecule has 1 heterocycles. The SMILES string of the molecule is Cc1c(C(=O)O)ccc(OC(c2ccc(Cl)cc2)c2ccccc2Cl)c1-n1cncn1. The molecule has 0 amide bonds. The van der Waals surface area contributed by atoms with Crippen LogP contribution < -0.4 is 4.74 Å². The fraction of sp³-hybridized carbons (Fsp3) is 0.0870. The van der Waals surface area contributed by atoms with Crippen LogP contribution >= 0.6 is 23.2 Å². The van der Waals surface area contributed by atoms with Crippen LogP contribution in [-0.2, 0) is 0 Å². The monoisotopic (exact) mass is 453 g/mol. The molecule has 0 fully saturated rings. The third kappa shape index (κ3) is 4.26. The maximum atomic E-state index is 11.7. The number of aromatic carboxylic acids is 1. The van der Waals surface area contributed by atoms with Crippen molar-refractivity contribution in [2.75, 3.05) is 0 Å². The van der Waals surface area contributed by atoms with E-state index in [0.717, 1.165) is 11.1 Å². The minimum absolute atomic E-state index is 0.152. The minimum atomic E-state index is -1.04. The normalized spacial score (nSPS) is 11.8. The molecule has 1 unspecified atom stereocenters. The van der Waals surface area contributed by atoms with Crippen molar-refractivity contribution in [2.24, 2.45) is 0 Å². The molecule has 1 aromatic heterocycles. The molecular weight excluding hydrogens is 437 g/mol. The predicted molar refractivity (Wildman–Crippen MR) is 118 cm³/mol. The molecule has 4 rings (SSSR count). The second-order valence-electron chi connectivity index (χ2n) is 6.80. The summed E-state index contributed by atoms with van der Waals surface area (Å²) in [4.78, 5) is 15.7. The molecule has 8 heteroatoms. The molecule has 1 atom stereocenters. The Hall–Kier alpha value is -3.35. The highest BCUT2D eigenvalue weighted by Crippen LogP contribution is 2.37. The van der Waals surface area contributed by atoms with E-state index in [0.29, 0.717) is 27.0 Å². The van der Waals surface area contributed by atoms with Crippen LogP contribution in [0.2, 0.25) is 10.0 Å². The van der Waals surface area contributed by atoms with Gasteiger partial charge >= 0.3 is 5.97 Å². The molecule has 0 radical (unpaired) electrons. The van der Waals surface area contributed by atoms with Crippen LogP contribution in [0.1, 0.15) is 33.2 Å². The lowest BCUT2D eigenvalue weighted by molar-refractivity contribution is 0.0696. The summed E-state index contributed by atoms with van der Waals surface area (Å²) in [6.45, 7) is 1.71. The summed E-state index contributed by atoms with van der Waals surface area (Å²) in [7, 11) is 0. The van der Waals surface area contributed by atoms with Crippen LogP contribution in [0.15, 0.2) is 73.3 Å².